The Morgan fingerprint density at radius 1 is 1.25 bits per heavy atom. The van der Waals surface area contributed by atoms with Crippen LogP contribution in [0.25, 0.3) is 0 Å². The van der Waals surface area contributed by atoms with E-state index in [-0.39, 0.29) is 24.8 Å². The highest BCUT2D eigenvalue weighted by Crippen LogP contribution is 2.60. The van der Waals surface area contributed by atoms with E-state index in [0.29, 0.717) is 22.5 Å². The van der Waals surface area contributed by atoms with Crippen molar-refractivity contribution in [1.29, 1.82) is 0 Å². The van der Waals surface area contributed by atoms with Gasteiger partial charge in [0.25, 0.3) is 11.8 Å². The highest BCUT2D eigenvalue weighted by atomic mass is 28.4. The van der Waals surface area contributed by atoms with Gasteiger partial charge in [-0.1, -0.05) is 25.1 Å². The van der Waals surface area contributed by atoms with Gasteiger partial charge in [0.1, 0.15) is 0 Å². The molecule has 2 aromatic carbocycles. The Labute approximate surface area is 188 Å². The molecule has 4 rings (SSSR count). The number of fused-ring (bicyclic) bond motifs is 2. The molecule has 2 aliphatic heterocycles. The van der Waals surface area contributed by atoms with Crippen molar-refractivity contribution in [2.75, 3.05) is 23.9 Å². The molecule has 1 spiro atoms. The summed E-state index contributed by atoms with van der Waals surface area (Å²) in [5.41, 5.74) is 0.594. The van der Waals surface area contributed by atoms with Gasteiger partial charge >= 0.3 is 0 Å². The van der Waals surface area contributed by atoms with Gasteiger partial charge in [-0.25, -0.2) is 0 Å². The van der Waals surface area contributed by atoms with Crippen molar-refractivity contribution >= 4 is 31.6 Å². The lowest BCUT2D eigenvalue weighted by molar-refractivity contribution is -0.145. The first-order valence-corrected chi connectivity index (χ1v) is 13.8. The van der Waals surface area contributed by atoms with E-state index in [1.165, 1.54) is 0 Å². The molecule has 4 atom stereocenters. The molecule has 8 heteroatoms. The Morgan fingerprint density at radius 3 is 2.56 bits per heavy atom. The number of carbonyl (C=O) groups excluding carboxylic acids is 2. The lowest BCUT2D eigenvalue weighted by Gasteiger charge is -2.31. The fourth-order valence-corrected chi connectivity index (χ4v) is 7.96. The Morgan fingerprint density at radius 2 is 1.94 bits per heavy atom. The number of likely N-dealkylation sites (N-methyl/N-ethyl adjacent to an activating group) is 1. The monoisotopic (exact) mass is 456 g/mol. The molecular weight excluding hydrogens is 427 g/mol. The molecule has 2 aromatic rings. The number of benzene rings is 2. The Balaban J connectivity index is 1.76. The van der Waals surface area contributed by atoms with E-state index in [2.05, 4.69) is 5.32 Å². The number of carbonyl (C=O) groups is 2. The molecule has 32 heavy (non-hydrogen) atoms. The van der Waals surface area contributed by atoms with E-state index in [1.807, 2.05) is 13.0 Å². The largest absolute Gasteiger partial charge is 0.396 e. The van der Waals surface area contributed by atoms with Crippen molar-refractivity contribution < 1.29 is 23.5 Å². The molecule has 1 fully saturated rings. The maximum absolute atomic E-state index is 15.4. The summed E-state index contributed by atoms with van der Waals surface area (Å²) in [6, 6.07) is 14.2. The summed E-state index contributed by atoms with van der Waals surface area (Å²) < 4.78 is 21.8. The molecule has 1 saturated heterocycles. The van der Waals surface area contributed by atoms with Gasteiger partial charge in [-0.05, 0) is 49.8 Å². The van der Waals surface area contributed by atoms with Gasteiger partial charge in [0.15, 0.2) is 5.60 Å². The van der Waals surface area contributed by atoms with Crippen LogP contribution in [0, 0.1) is 5.92 Å². The molecule has 2 N–H and O–H groups in total. The second kappa shape index (κ2) is 8.10. The van der Waals surface area contributed by atoms with Crippen LogP contribution in [0.5, 0.6) is 0 Å². The molecule has 0 radical (unpaired) electrons. The quantitative estimate of drug-likeness (QED) is 0.525. The second-order valence-corrected chi connectivity index (χ2v) is 13.0. The SMILES string of the molecule is C[C@@H]1[C@@H]([Si](C)(C)F)[C@H](CCO)O[C@@]12C(=O)N(C)c1ccc(NC(=O)c3ccccc3)cc12. The molecule has 2 amide bonds. The smallest absolute Gasteiger partial charge is 0.264 e. The third kappa shape index (κ3) is 3.46. The minimum Gasteiger partial charge on any atom is -0.396 e. The van der Waals surface area contributed by atoms with Crippen LogP contribution in [0.1, 0.15) is 29.3 Å². The van der Waals surface area contributed by atoms with Gasteiger partial charge in [-0.3, -0.25) is 9.59 Å². The molecule has 2 heterocycles. The maximum atomic E-state index is 15.4. The van der Waals surface area contributed by atoms with Crippen molar-refractivity contribution in [3.63, 3.8) is 0 Å². The second-order valence-electron chi connectivity index (χ2n) is 9.20. The van der Waals surface area contributed by atoms with Crippen molar-refractivity contribution in [1.82, 2.24) is 0 Å². The summed E-state index contributed by atoms with van der Waals surface area (Å²) in [5.74, 6) is -0.914. The van der Waals surface area contributed by atoms with Gasteiger partial charge < -0.3 is 24.2 Å². The molecule has 0 aromatic heterocycles. The number of aliphatic hydroxyl groups is 1. The van der Waals surface area contributed by atoms with Crippen LogP contribution < -0.4 is 10.2 Å². The lowest BCUT2D eigenvalue weighted by atomic mass is 9.82. The maximum Gasteiger partial charge on any atom is 0.264 e. The molecule has 6 nitrogen and oxygen atoms in total. The zero-order valence-electron chi connectivity index (χ0n) is 18.8. The molecular formula is C24H29FN2O4Si. The Hall–Kier alpha value is -2.55. The van der Waals surface area contributed by atoms with Crippen molar-refractivity contribution in [2.45, 2.75) is 43.7 Å². The number of hydrogen-bond acceptors (Lipinski definition) is 4. The molecule has 170 valence electrons. The van der Waals surface area contributed by atoms with E-state index in [0.717, 1.165) is 0 Å². The molecule has 0 bridgehead atoms. The summed E-state index contributed by atoms with van der Waals surface area (Å²) in [5, 5.41) is 12.4. The zero-order valence-corrected chi connectivity index (χ0v) is 19.8. The standard InChI is InChI=1S/C24H29FN2O4Si/c1-15-21(32(3,4)25)20(12-13-28)31-24(15)18-14-17(10-11-19(18)27(2)23(24)30)26-22(29)16-8-6-5-7-9-16/h5-11,14-15,20-21,28H,12-13H2,1-4H3,(H,26,29)/t15-,20+,21-,24+/m1/s1. The highest BCUT2D eigenvalue weighted by Gasteiger charge is 2.66. The lowest BCUT2D eigenvalue weighted by Crippen LogP contribution is -2.44. The highest BCUT2D eigenvalue weighted by molar-refractivity contribution is 6.72. The molecule has 0 unspecified atom stereocenters. The van der Waals surface area contributed by atoms with E-state index in [9.17, 15) is 14.7 Å². The van der Waals surface area contributed by atoms with E-state index < -0.39 is 31.6 Å². The number of nitrogens with one attached hydrogen (secondary N) is 1. The van der Waals surface area contributed by atoms with Crippen LogP contribution in [0.4, 0.5) is 15.5 Å². The van der Waals surface area contributed by atoms with Crippen LogP contribution in [-0.2, 0) is 15.1 Å². The third-order valence-electron chi connectivity index (χ3n) is 6.80. The zero-order chi connectivity index (χ0) is 23.3. The number of amides is 2. The van der Waals surface area contributed by atoms with Crippen molar-refractivity contribution in [3.05, 3.63) is 59.7 Å². The summed E-state index contributed by atoms with van der Waals surface area (Å²) in [6.07, 6.45) is -0.277. The van der Waals surface area contributed by atoms with Gasteiger partial charge in [0, 0.05) is 41.9 Å². The number of hydrogen-bond donors (Lipinski definition) is 2. The summed E-state index contributed by atoms with van der Waals surface area (Å²) >= 11 is 0. The fraction of sp³-hybridized carbons (Fsp3) is 0.417. The first kappa shape index (κ1) is 22.6. The predicted molar refractivity (Wildman–Crippen MR) is 124 cm³/mol. The number of anilines is 2. The van der Waals surface area contributed by atoms with Crippen molar-refractivity contribution in [2.24, 2.45) is 5.92 Å². The van der Waals surface area contributed by atoms with Crippen LogP contribution >= 0.6 is 0 Å². The first-order valence-electron chi connectivity index (χ1n) is 10.9. The fourth-order valence-electron chi connectivity index (χ4n) is 5.42. The summed E-state index contributed by atoms with van der Waals surface area (Å²) in [7, 11) is -1.53. The van der Waals surface area contributed by atoms with Crippen molar-refractivity contribution in [3.8, 4) is 0 Å². The Bertz CT molecular complexity index is 1040. The number of ether oxygens (including phenoxy) is 1. The predicted octanol–water partition coefficient (Wildman–Crippen LogP) is 4.07. The third-order valence-corrected chi connectivity index (χ3v) is 9.26. The summed E-state index contributed by atoms with van der Waals surface area (Å²) in [6.45, 7) is 4.98. The minimum atomic E-state index is -3.21. The average Bonchev–Trinajstić information content (AvgIpc) is 3.16. The topological polar surface area (TPSA) is 78.9 Å². The number of halogens is 1. The van der Waals surface area contributed by atoms with Crippen LogP contribution in [0.2, 0.25) is 18.6 Å². The van der Waals surface area contributed by atoms with E-state index in [4.69, 9.17) is 4.74 Å². The van der Waals surface area contributed by atoms with Gasteiger partial charge in [0.05, 0.1) is 11.8 Å². The first-order chi connectivity index (χ1) is 15.1. The van der Waals surface area contributed by atoms with Gasteiger partial charge in [0.2, 0.25) is 8.41 Å². The number of aliphatic hydroxyl groups excluding tert-OH is 1. The normalized spacial score (nSPS) is 27.1. The number of rotatable bonds is 5. The number of nitrogens with zero attached hydrogens (tertiary/aromatic N) is 1. The van der Waals surface area contributed by atoms with Gasteiger partial charge in [-0.2, -0.15) is 0 Å². The molecule has 0 aliphatic carbocycles. The summed E-state index contributed by atoms with van der Waals surface area (Å²) in [4.78, 5) is 27.7. The Kier molecular flexibility index (Phi) is 5.73. The minimum absolute atomic E-state index is 0.140. The average molecular weight is 457 g/mol. The van der Waals surface area contributed by atoms with Crippen LogP contribution in [0.15, 0.2) is 48.5 Å². The van der Waals surface area contributed by atoms with Crippen LogP contribution in [0.3, 0.4) is 0 Å². The molecule has 0 saturated carbocycles. The van der Waals surface area contributed by atoms with E-state index >= 15 is 4.11 Å². The van der Waals surface area contributed by atoms with E-state index in [1.54, 1.807) is 67.5 Å². The van der Waals surface area contributed by atoms with Gasteiger partial charge in [-0.15, -0.1) is 0 Å². The molecule has 2 aliphatic rings. The van der Waals surface area contributed by atoms with Crippen LogP contribution in [-0.4, -0.2) is 45.1 Å².